The summed E-state index contributed by atoms with van der Waals surface area (Å²) in [5, 5.41) is 6.77. The lowest BCUT2D eigenvalue weighted by atomic mass is 9.98. The number of nitrogens with one attached hydrogen (secondary N) is 2. The lowest BCUT2D eigenvalue weighted by Gasteiger charge is -2.16. The minimum atomic E-state index is 0.495. The molecule has 0 amide bonds. The molecule has 5 nitrogen and oxygen atoms in total. The summed E-state index contributed by atoms with van der Waals surface area (Å²) in [5.74, 6) is 0.744. The second-order valence-electron chi connectivity index (χ2n) is 9.86. The highest BCUT2D eigenvalue weighted by Gasteiger charge is 2.11. The van der Waals surface area contributed by atoms with Gasteiger partial charge in [0.2, 0.25) is 0 Å². The van der Waals surface area contributed by atoms with Crippen molar-refractivity contribution in [3.63, 3.8) is 0 Å². The molecule has 0 saturated carbocycles. The third-order valence-corrected chi connectivity index (χ3v) is 6.70. The second kappa shape index (κ2) is 18.0. The van der Waals surface area contributed by atoms with Crippen LogP contribution in [0.5, 0.6) is 0 Å². The van der Waals surface area contributed by atoms with E-state index in [0.29, 0.717) is 18.5 Å². The lowest BCUT2D eigenvalue weighted by molar-refractivity contribution is 0.940. The van der Waals surface area contributed by atoms with Gasteiger partial charge in [-0.3, -0.25) is 4.98 Å². The first kappa shape index (κ1) is 34.6. The number of nitrogens with zero attached hydrogens (tertiary/aromatic N) is 2. The third-order valence-electron chi connectivity index (χ3n) is 6.70. The molecule has 0 atom stereocenters. The molecule has 0 saturated heterocycles. The first-order valence-electron chi connectivity index (χ1n) is 14.2. The van der Waals surface area contributed by atoms with Crippen molar-refractivity contribution in [3.8, 4) is 24.0 Å². The topological polar surface area (TPSA) is 75.9 Å². The standard InChI is InChI=1S/C37H41N5.C2H2/c1-8-31(24-34(9-2)41-27(5)22-30-15-12-11-13-16-30)26(4)21-33(36(38)10-3)23-28(6)42-37-29(7)35(18-20-40-37)32-17-14-19-39-25-32;1-2/h8-21,24-25,41H,2,4-6,22-23,38H2,1,3,7H3,(H,40,42);1-2H/b31-8+,33-21-,34-24+,36-10+;. The molecule has 1 aromatic carbocycles. The van der Waals surface area contributed by atoms with Crippen molar-refractivity contribution in [3.05, 3.63) is 174 Å². The first-order valence-corrected chi connectivity index (χ1v) is 14.2. The predicted molar refractivity (Wildman–Crippen MR) is 189 cm³/mol. The molecule has 0 bridgehead atoms. The predicted octanol–water partition coefficient (Wildman–Crippen LogP) is 8.72. The fourth-order valence-electron chi connectivity index (χ4n) is 4.42. The third kappa shape index (κ3) is 10.3. The van der Waals surface area contributed by atoms with E-state index in [-0.39, 0.29) is 0 Å². The van der Waals surface area contributed by atoms with E-state index >= 15 is 0 Å². The van der Waals surface area contributed by atoms with Crippen molar-refractivity contribution >= 4 is 5.82 Å². The SMILES string of the molecule is C#C.C=C/C(=C\C(=C/C)C(=C)/C=C(CC(=C)Nc1nccc(-c2cccnc2)c1C)\C(N)=C/C)NC(=C)Cc1ccccc1. The number of allylic oxidation sites excluding steroid dienone is 10. The molecule has 2 aromatic heterocycles. The molecule has 3 rings (SSSR count). The second-order valence-corrected chi connectivity index (χ2v) is 9.86. The molecule has 0 aliphatic rings. The Morgan fingerprint density at radius 2 is 1.66 bits per heavy atom. The average Bonchev–Trinajstić information content (AvgIpc) is 3.05. The van der Waals surface area contributed by atoms with E-state index in [1.54, 1.807) is 18.5 Å². The Morgan fingerprint density at radius 1 is 0.932 bits per heavy atom. The number of aromatic nitrogens is 2. The molecule has 0 fully saturated rings. The van der Waals surface area contributed by atoms with Gasteiger partial charge >= 0.3 is 0 Å². The molecule has 0 spiro atoms. The Bertz CT molecular complexity index is 1600. The highest BCUT2D eigenvalue weighted by Crippen LogP contribution is 2.28. The molecule has 5 heteroatoms. The maximum absolute atomic E-state index is 6.43. The van der Waals surface area contributed by atoms with Gasteiger partial charge < -0.3 is 16.4 Å². The van der Waals surface area contributed by atoms with Gasteiger partial charge in [0.15, 0.2) is 0 Å². The Hall–Kier alpha value is -5.60. The van der Waals surface area contributed by atoms with Crippen molar-refractivity contribution in [2.75, 3.05) is 5.32 Å². The molecular weight excluding hydrogens is 538 g/mol. The van der Waals surface area contributed by atoms with Crippen LogP contribution in [0.4, 0.5) is 5.82 Å². The Kier molecular flexibility index (Phi) is 14.2. The number of terminal acetylenes is 1. The normalized spacial score (nSPS) is 11.9. The molecule has 2 heterocycles. The minimum absolute atomic E-state index is 0.495. The van der Waals surface area contributed by atoms with E-state index in [4.69, 9.17) is 5.73 Å². The van der Waals surface area contributed by atoms with Gasteiger partial charge in [0.1, 0.15) is 5.82 Å². The van der Waals surface area contributed by atoms with Crippen LogP contribution < -0.4 is 16.4 Å². The number of anilines is 1. The van der Waals surface area contributed by atoms with Gasteiger partial charge in [0.05, 0.1) is 0 Å². The van der Waals surface area contributed by atoms with E-state index in [9.17, 15) is 0 Å². The van der Waals surface area contributed by atoms with Crippen molar-refractivity contribution in [1.29, 1.82) is 0 Å². The summed E-state index contributed by atoms with van der Waals surface area (Å²) in [6, 6.07) is 16.2. The molecule has 0 unspecified atom stereocenters. The summed E-state index contributed by atoms with van der Waals surface area (Å²) in [6.45, 7) is 22.7. The molecule has 0 aliphatic heterocycles. The smallest absolute Gasteiger partial charge is 0.133 e. The molecule has 3 aromatic rings. The summed E-state index contributed by atoms with van der Waals surface area (Å²) in [4.78, 5) is 8.80. The van der Waals surface area contributed by atoms with Crippen LogP contribution in [0.1, 0.15) is 31.4 Å². The quantitative estimate of drug-likeness (QED) is 0.131. The summed E-state index contributed by atoms with van der Waals surface area (Å²) >= 11 is 0. The van der Waals surface area contributed by atoms with Gasteiger partial charge in [0.25, 0.3) is 0 Å². The van der Waals surface area contributed by atoms with E-state index in [1.807, 2.05) is 87.7 Å². The number of hydrogen-bond acceptors (Lipinski definition) is 5. The monoisotopic (exact) mass is 581 g/mol. The largest absolute Gasteiger partial charge is 0.399 e. The maximum atomic E-state index is 6.43. The van der Waals surface area contributed by atoms with Gasteiger partial charge in [-0.1, -0.05) is 74.9 Å². The lowest BCUT2D eigenvalue weighted by Crippen LogP contribution is -2.12. The van der Waals surface area contributed by atoms with E-state index in [2.05, 4.69) is 71.9 Å². The first-order chi connectivity index (χ1) is 21.2. The summed E-state index contributed by atoms with van der Waals surface area (Å²) in [6.07, 6.45) is 24.3. The number of pyridine rings is 2. The summed E-state index contributed by atoms with van der Waals surface area (Å²) in [7, 11) is 0. The van der Waals surface area contributed by atoms with Gasteiger partial charge in [-0.05, 0) is 84.5 Å². The van der Waals surface area contributed by atoms with Gasteiger partial charge in [-0.25, -0.2) is 4.98 Å². The van der Waals surface area contributed by atoms with E-state index in [1.165, 1.54) is 5.56 Å². The van der Waals surface area contributed by atoms with E-state index in [0.717, 1.165) is 56.3 Å². The number of rotatable bonds is 14. The van der Waals surface area contributed by atoms with Crippen LogP contribution in [0.15, 0.2) is 163 Å². The van der Waals surface area contributed by atoms with Crippen LogP contribution in [-0.4, -0.2) is 9.97 Å². The van der Waals surface area contributed by atoms with Crippen LogP contribution in [0.2, 0.25) is 0 Å². The van der Waals surface area contributed by atoms with Crippen molar-refractivity contribution in [1.82, 2.24) is 15.3 Å². The molecule has 44 heavy (non-hydrogen) atoms. The van der Waals surface area contributed by atoms with Crippen molar-refractivity contribution in [2.24, 2.45) is 5.73 Å². The Labute approximate surface area is 263 Å². The van der Waals surface area contributed by atoms with Crippen LogP contribution in [0.25, 0.3) is 11.1 Å². The Morgan fingerprint density at radius 3 is 2.27 bits per heavy atom. The Balaban J connectivity index is 0.00000330. The summed E-state index contributed by atoms with van der Waals surface area (Å²) < 4.78 is 0. The van der Waals surface area contributed by atoms with E-state index < -0.39 is 0 Å². The molecular formula is C39H43N5. The zero-order chi connectivity index (χ0) is 32.5. The van der Waals surface area contributed by atoms with Crippen molar-refractivity contribution in [2.45, 2.75) is 33.6 Å². The molecule has 224 valence electrons. The van der Waals surface area contributed by atoms with Gasteiger partial charge in [0, 0.05) is 59.8 Å². The maximum Gasteiger partial charge on any atom is 0.133 e. The van der Waals surface area contributed by atoms with Gasteiger partial charge in [-0.15, -0.1) is 12.8 Å². The summed E-state index contributed by atoms with van der Waals surface area (Å²) in [5.41, 5.74) is 16.5. The van der Waals surface area contributed by atoms with Crippen LogP contribution in [-0.2, 0) is 6.42 Å². The van der Waals surface area contributed by atoms with Crippen LogP contribution in [0, 0.1) is 19.8 Å². The highest BCUT2D eigenvalue weighted by atomic mass is 15.0. The zero-order valence-corrected chi connectivity index (χ0v) is 26.1. The number of benzene rings is 1. The fourth-order valence-corrected chi connectivity index (χ4v) is 4.42. The van der Waals surface area contributed by atoms with Crippen molar-refractivity contribution < 1.29 is 0 Å². The minimum Gasteiger partial charge on any atom is -0.399 e. The highest BCUT2D eigenvalue weighted by molar-refractivity contribution is 5.71. The zero-order valence-electron chi connectivity index (χ0n) is 26.1. The molecule has 0 radical (unpaired) electrons. The number of hydrogen-bond donors (Lipinski definition) is 3. The number of nitrogens with two attached hydrogens (primary N) is 1. The fraction of sp³-hybridized carbons (Fsp3) is 0.128. The molecule has 0 aliphatic carbocycles. The van der Waals surface area contributed by atoms with Gasteiger partial charge in [-0.2, -0.15) is 0 Å². The average molecular weight is 582 g/mol. The molecule has 4 N–H and O–H groups in total. The van der Waals surface area contributed by atoms with Crippen LogP contribution >= 0.6 is 0 Å². The van der Waals surface area contributed by atoms with Crippen LogP contribution in [0.3, 0.4) is 0 Å².